The maximum Gasteiger partial charge on any atom is 0.414 e. The van der Waals surface area contributed by atoms with Gasteiger partial charge in [-0.15, -0.1) is 0 Å². The van der Waals surface area contributed by atoms with Gasteiger partial charge in [0.2, 0.25) is 5.91 Å². The van der Waals surface area contributed by atoms with E-state index in [1.807, 2.05) is 0 Å². The molecule has 0 aromatic heterocycles. The number of cyclic esters (lactones) is 1. The molecule has 3 aliphatic rings. The first-order chi connectivity index (χ1) is 13.4. The molecule has 2 heterocycles. The van der Waals surface area contributed by atoms with Crippen LogP contribution in [0.15, 0.2) is 18.2 Å². The molecular weight excluding hydrogens is 367 g/mol. The fourth-order valence-corrected chi connectivity index (χ4v) is 4.31. The topological polar surface area (TPSA) is 105 Å². The minimum absolute atomic E-state index is 0.0900. The smallest absolute Gasteiger partial charge is 0.414 e. The molecule has 1 aromatic carbocycles. The number of halogens is 1. The number of nitrogens with zero attached hydrogens (tertiary/aromatic N) is 2. The van der Waals surface area contributed by atoms with Crippen molar-refractivity contribution in [2.24, 2.45) is 17.6 Å². The van der Waals surface area contributed by atoms with E-state index < -0.39 is 18.2 Å². The predicted octanol–water partition coefficient (Wildman–Crippen LogP) is 1.40. The molecule has 1 aromatic rings. The van der Waals surface area contributed by atoms with Crippen LogP contribution in [0.25, 0.3) is 0 Å². The lowest BCUT2D eigenvalue weighted by Crippen LogP contribution is -2.35. The highest BCUT2D eigenvalue weighted by Crippen LogP contribution is 2.58. The van der Waals surface area contributed by atoms with Gasteiger partial charge in [0, 0.05) is 19.5 Å². The van der Waals surface area contributed by atoms with Gasteiger partial charge in [0.25, 0.3) is 0 Å². The Morgan fingerprint density at radius 3 is 2.61 bits per heavy atom. The van der Waals surface area contributed by atoms with E-state index in [2.05, 4.69) is 5.32 Å². The summed E-state index contributed by atoms with van der Waals surface area (Å²) in [6.45, 7) is 3.36. The van der Waals surface area contributed by atoms with Crippen molar-refractivity contribution in [3.05, 3.63) is 29.6 Å². The number of anilines is 1. The number of likely N-dealkylation sites (tertiary alicyclic amines) is 1. The summed E-state index contributed by atoms with van der Waals surface area (Å²) >= 11 is 0. The molecule has 4 amide bonds. The molecule has 2 aliphatic heterocycles. The summed E-state index contributed by atoms with van der Waals surface area (Å²) < 4.78 is 20.0. The van der Waals surface area contributed by atoms with Crippen LogP contribution in [0.4, 0.5) is 19.7 Å². The van der Waals surface area contributed by atoms with Crippen molar-refractivity contribution in [1.82, 2.24) is 10.2 Å². The lowest BCUT2D eigenvalue weighted by molar-refractivity contribution is -0.121. The molecule has 9 heteroatoms. The fraction of sp³-hybridized carbons (Fsp3) is 0.526. The number of nitrogens with two attached hydrogens (primary N) is 1. The Kier molecular flexibility index (Phi) is 4.60. The van der Waals surface area contributed by atoms with Gasteiger partial charge in [-0.05, 0) is 35.4 Å². The standard InChI is InChI=1S/C19H23FN4O4/c1-2-16(25)22-6-11-7-24(19(27)28-11)10-3-4-12(15(20)5-10)17-13-8-23(18(21)26)9-14(13)17/h3-5,11,13-14,17H,2,6-9H2,1H3,(H2,21,26)(H,22,25)/t11-,13-,14+,17+/m0/s1. The van der Waals surface area contributed by atoms with Crippen molar-refractivity contribution < 1.29 is 23.5 Å². The highest BCUT2D eigenvalue weighted by atomic mass is 19.1. The molecule has 4 atom stereocenters. The van der Waals surface area contributed by atoms with Crippen molar-refractivity contribution in [1.29, 1.82) is 0 Å². The van der Waals surface area contributed by atoms with Gasteiger partial charge in [0.05, 0.1) is 18.8 Å². The Hall–Kier alpha value is -2.84. The monoisotopic (exact) mass is 390 g/mol. The number of carbonyl (C=O) groups excluding carboxylic acids is 3. The normalized spacial score (nSPS) is 28.1. The zero-order valence-corrected chi connectivity index (χ0v) is 15.6. The van der Waals surface area contributed by atoms with Crippen molar-refractivity contribution in [3.8, 4) is 0 Å². The molecule has 4 rings (SSSR count). The minimum Gasteiger partial charge on any atom is -0.442 e. The van der Waals surface area contributed by atoms with E-state index in [0.717, 1.165) is 0 Å². The first-order valence-corrected chi connectivity index (χ1v) is 9.47. The van der Waals surface area contributed by atoms with Crippen molar-refractivity contribution in [2.75, 3.05) is 31.1 Å². The van der Waals surface area contributed by atoms with Crippen LogP contribution in [0.3, 0.4) is 0 Å². The number of carbonyl (C=O) groups is 3. The summed E-state index contributed by atoms with van der Waals surface area (Å²) in [6, 6.07) is 4.34. The zero-order valence-electron chi connectivity index (χ0n) is 15.6. The quantitative estimate of drug-likeness (QED) is 0.793. The summed E-state index contributed by atoms with van der Waals surface area (Å²) in [5.74, 6) is 0.104. The number of fused-ring (bicyclic) bond motifs is 1. The third-order valence-corrected chi connectivity index (χ3v) is 5.88. The zero-order chi connectivity index (χ0) is 20.0. The molecule has 3 N–H and O–H groups in total. The number of urea groups is 1. The maximum absolute atomic E-state index is 14.7. The van der Waals surface area contributed by atoms with Crippen molar-refractivity contribution >= 4 is 23.7 Å². The number of hydrogen-bond acceptors (Lipinski definition) is 4. The van der Waals surface area contributed by atoms with Gasteiger partial charge >= 0.3 is 12.1 Å². The minimum atomic E-state index is -0.553. The number of hydrogen-bond donors (Lipinski definition) is 2. The Morgan fingerprint density at radius 1 is 1.29 bits per heavy atom. The van der Waals surface area contributed by atoms with Crippen molar-refractivity contribution in [2.45, 2.75) is 25.4 Å². The van der Waals surface area contributed by atoms with Crippen molar-refractivity contribution in [3.63, 3.8) is 0 Å². The highest BCUT2D eigenvalue weighted by molar-refractivity contribution is 5.90. The van der Waals surface area contributed by atoms with Crippen LogP contribution in [0, 0.1) is 17.7 Å². The third kappa shape index (κ3) is 3.25. The van der Waals surface area contributed by atoms with Crippen LogP contribution >= 0.6 is 0 Å². The van der Waals surface area contributed by atoms with E-state index in [1.54, 1.807) is 24.0 Å². The first-order valence-electron chi connectivity index (χ1n) is 9.47. The lowest BCUT2D eigenvalue weighted by Gasteiger charge is -2.18. The second-order valence-corrected chi connectivity index (χ2v) is 7.58. The third-order valence-electron chi connectivity index (χ3n) is 5.88. The molecule has 2 saturated heterocycles. The molecule has 0 spiro atoms. The Morgan fingerprint density at radius 2 is 2.00 bits per heavy atom. The van der Waals surface area contributed by atoms with Gasteiger partial charge in [-0.1, -0.05) is 13.0 Å². The van der Waals surface area contributed by atoms with E-state index in [-0.39, 0.29) is 42.6 Å². The molecular formula is C19H23FN4O4. The Labute approximate surface area is 161 Å². The highest BCUT2D eigenvalue weighted by Gasteiger charge is 2.57. The lowest BCUT2D eigenvalue weighted by atomic mass is 10.1. The van der Waals surface area contributed by atoms with E-state index in [0.29, 0.717) is 30.8 Å². The number of primary amides is 1. The second kappa shape index (κ2) is 6.96. The number of rotatable bonds is 5. The molecule has 150 valence electrons. The van der Waals surface area contributed by atoms with Gasteiger partial charge in [-0.3, -0.25) is 9.69 Å². The van der Waals surface area contributed by atoms with E-state index >= 15 is 0 Å². The van der Waals surface area contributed by atoms with Crippen LogP contribution in [0.1, 0.15) is 24.8 Å². The Bertz CT molecular complexity index is 820. The molecule has 1 saturated carbocycles. The van der Waals surface area contributed by atoms with Crippen LogP contribution in [-0.2, 0) is 9.53 Å². The van der Waals surface area contributed by atoms with Gasteiger partial charge in [-0.25, -0.2) is 14.0 Å². The maximum atomic E-state index is 14.7. The molecule has 0 bridgehead atoms. The van der Waals surface area contributed by atoms with Crippen LogP contribution in [0.5, 0.6) is 0 Å². The average Bonchev–Trinajstić information content (AvgIpc) is 3.00. The number of nitrogens with one attached hydrogen (secondary N) is 1. The summed E-state index contributed by atoms with van der Waals surface area (Å²) in [5, 5.41) is 2.69. The van der Waals surface area contributed by atoms with Gasteiger partial charge in [-0.2, -0.15) is 0 Å². The average molecular weight is 390 g/mol. The summed E-state index contributed by atoms with van der Waals surface area (Å²) in [5.41, 5.74) is 6.34. The van der Waals surface area contributed by atoms with E-state index in [1.165, 1.54) is 11.0 Å². The summed E-state index contributed by atoms with van der Waals surface area (Å²) in [7, 11) is 0. The molecule has 1 aliphatic carbocycles. The molecule has 3 fully saturated rings. The molecule has 28 heavy (non-hydrogen) atoms. The predicted molar refractivity (Wildman–Crippen MR) is 98.2 cm³/mol. The number of benzene rings is 1. The van der Waals surface area contributed by atoms with E-state index in [4.69, 9.17) is 10.5 Å². The number of ether oxygens (including phenoxy) is 1. The number of amides is 4. The Balaban J connectivity index is 1.40. The van der Waals surface area contributed by atoms with Gasteiger partial charge in [0.15, 0.2) is 0 Å². The number of piperidine rings is 1. The largest absolute Gasteiger partial charge is 0.442 e. The van der Waals surface area contributed by atoms with Gasteiger partial charge < -0.3 is 20.7 Å². The van der Waals surface area contributed by atoms with Gasteiger partial charge in [0.1, 0.15) is 11.9 Å². The molecule has 8 nitrogen and oxygen atoms in total. The van der Waals surface area contributed by atoms with Crippen LogP contribution in [-0.4, -0.2) is 55.2 Å². The SMILES string of the molecule is CCC(=O)NC[C@H]1CN(c2ccc([C@H]3[C@@H]4CN(C(N)=O)C[C@@H]43)c(F)c2)C(=O)O1. The molecule has 0 unspecified atom stereocenters. The first kappa shape index (κ1) is 18.5. The fourth-order valence-electron chi connectivity index (χ4n) is 4.31. The second-order valence-electron chi connectivity index (χ2n) is 7.58. The van der Waals surface area contributed by atoms with Crippen LogP contribution < -0.4 is 16.0 Å². The summed E-state index contributed by atoms with van der Waals surface area (Å²) in [6.07, 6.45) is -0.658. The summed E-state index contributed by atoms with van der Waals surface area (Å²) in [4.78, 5) is 37.7. The van der Waals surface area contributed by atoms with Crippen LogP contribution in [0.2, 0.25) is 0 Å². The molecule has 0 radical (unpaired) electrons. The van der Waals surface area contributed by atoms with E-state index in [9.17, 15) is 18.8 Å².